The van der Waals surface area contributed by atoms with Gasteiger partial charge in [-0.2, -0.15) is 4.31 Å². The molecule has 1 aliphatic rings. The maximum Gasteiger partial charge on any atom is 0.337 e. The molecule has 116 valence electrons. The number of anilines is 1. The smallest absolute Gasteiger partial charge is 0.337 e. The molecular weight excluding hydrogens is 296 g/mol. The monoisotopic (exact) mass is 314 g/mol. The van der Waals surface area contributed by atoms with Crippen molar-refractivity contribution in [1.82, 2.24) is 4.31 Å². The highest BCUT2D eigenvalue weighted by molar-refractivity contribution is 7.89. The number of aromatic carboxylic acids is 1. The van der Waals surface area contributed by atoms with Crippen LogP contribution in [0.2, 0.25) is 0 Å². The minimum atomic E-state index is -3.88. The van der Waals surface area contributed by atoms with Crippen LogP contribution in [-0.2, 0) is 14.8 Å². The summed E-state index contributed by atoms with van der Waals surface area (Å²) in [4.78, 5) is 11.0. The van der Waals surface area contributed by atoms with Gasteiger partial charge in [-0.15, -0.1) is 0 Å². The molecular formula is C13H18N2O5S. The van der Waals surface area contributed by atoms with Crippen LogP contribution < -0.4 is 5.73 Å². The Morgan fingerprint density at radius 1 is 1.52 bits per heavy atom. The molecule has 0 aromatic heterocycles. The van der Waals surface area contributed by atoms with Crippen LogP contribution in [0.4, 0.5) is 5.69 Å². The number of nitrogen functional groups attached to an aromatic ring is 1. The summed E-state index contributed by atoms with van der Waals surface area (Å²) >= 11 is 0. The van der Waals surface area contributed by atoms with Gasteiger partial charge in [0, 0.05) is 18.8 Å². The summed E-state index contributed by atoms with van der Waals surface area (Å²) in [6.45, 7) is 2.65. The summed E-state index contributed by atoms with van der Waals surface area (Å²) < 4.78 is 32.0. The van der Waals surface area contributed by atoms with Crippen molar-refractivity contribution in [1.29, 1.82) is 0 Å². The zero-order valence-corrected chi connectivity index (χ0v) is 12.5. The SMILES string of the molecule is CCC1CN(S(=O)(=O)c2ccc(N)cc2C(=O)O)CCO1. The molecule has 8 heteroatoms. The summed E-state index contributed by atoms with van der Waals surface area (Å²) in [6, 6.07) is 3.79. The number of nitrogens with two attached hydrogens (primary N) is 1. The molecule has 1 aromatic rings. The number of carbonyl (C=O) groups is 1. The lowest BCUT2D eigenvalue weighted by atomic mass is 10.2. The van der Waals surface area contributed by atoms with E-state index >= 15 is 0 Å². The molecule has 0 radical (unpaired) electrons. The number of carboxylic acid groups (broad SMARTS) is 1. The van der Waals surface area contributed by atoms with Gasteiger partial charge in [-0.25, -0.2) is 13.2 Å². The van der Waals surface area contributed by atoms with Gasteiger partial charge in [0.1, 0.15) is 0 Å². The van der Waals surface area contributed by atoms with Crippen LogP contribution in [0, 0.1) is 0 Å². The second kappa shape index (κ2) is 6.00. The van der Waals surface area contributed by atoms with Crippen LogP contribution in [0.5, 0.6) is 0 Å². The molecule has 1 aliphatic heterocycles. The Morgan fingerprint density at radius 3 is 2.86 bits per heavy atom. The Labute approximate surface area is 123 Å². The summed E-state index contributed by atoms with van der Waals surface area (Å²) in [5.41, 5.74) is 5.44. The van der Waals surface area contributed by atoms with Gasteiger partial charge in [0.15, 0.2) is 0 Å². The van der Waals surface area contributed by atoms with Gasteiger partial charge in [-0.3, -0.25) is 0 Å². The highest BCUT2D eigenvalue weighted by Gasteiger charge is 2.33. The lowest BCUT2D eigenvalue weighted by molar-refractivity contribution is -0.00279. The highest BCUT2D eigenvalue weighted by atomic mass is 32.2. The number of hydrogen-bond acceptors (Lipinski definition) is 5. The first-order valence-corrected chi connectivity index (χ1v) is 8.04. The van der Waals surface area contributed by atoms with E-state index in [-0.39, 0.29) is 35.3 Å². The third-order valence-corrected chi connectivity index (χ3v) is 5.33. The zero-order chi connectivity index (χ0) is 15.6. The number of sulfonamides is 1. The molecule has 0 aliphatic carbocycles. The van der Waals surface area contributed by atoms with E-state index in [1.165, 1.54) is 16.4 Å². The van der Waals surface area contributed by atoms with Crippen molar-refractivity contribution >= 4 is 21.7 Å². The predicted octanol–water partition coefficient (Wildman–Crippen LogP) is 0.766. The zero-order valence-electron chi connectivity index (χ0n) is 11.7. The number of rotatable bonds is 4. The second-order valence-electron chi connectivity index (χ2n) is 4.82. The quantitative estimate of drug-likeness (QED) is 0.794. The number of morpholine rings is 1. The van der Waals surface area contributed by atoms with E-state index in [1.54, 1.807) is 0 Å². The molecule has 7 nitrogen and oxygen atoms in total. The van der Waals surface area contributed by atoms with Crippen molar-refractivity contribution in [3.05, 3.63) is 23.8 Å². The van der Waals surface area contributed by atoms with Gasteiger partial charge in [0.25, 0.3) is 0 Å². The van der Waals surface area contributed by atoms with Gasteiger partial charge >= 0.3 is 5.97 Å². The summed E-state index contributed by atoms with van der Waals surface area (Å²) in [5, 5.41) is 9.19. The molecule has 3 N–H and O–H groups in total. The lowest BCUT2D eigenvalue weighted by Crippen LogP contribution is -2.45. The van der Waals surface area contributed by atoms with Crippen LogP contribution in [0.25, 0.3) is 0 Å². The van der Waals surface area contributed by atoms with Crippen molar-refractivity contribution < 1.29 is 23.1 Å². The second-order valence-corrected chi connectivity index (χ2v) is 6.73. The van der Waals surface area contributed by atoms with E-state index in [0.717, 1.165) is 6.07 Å². The molecule has 1 aromatic carbocycles. The highest BCUT2D eigenvalue weighted by Crippen LogP contribution is 2.24. The maximum atomic E-state index is 12.7. The van der Waals surface area contributed by atoms with Gasteiger partial charge in [-0.05, 0) is 24.6 Å². The van der Waals surface area contributed by atoms with Crippen LogP contribution in [0.15, 0.2) is 23.1 Å². The van der Waals surface area contributed by atoms with E-state index in [4.69, 9.17) is 10.5 Å². The Bertz CT molecular complexity index is 644. The van der Waals surface area contributed by atoms with Crippen molar-refractivity contribution in [2.75, 3.05) is 25.4 Å². The molecule has 1 atom stereocenters. The lowest BCUT2D eigenvalue weighted by Gasteiger charge is -2.31. The van der Waals surface area contributed by atoms with E-state index in [9.17, 15) is 18.3 Å². The van der Waals surface area contributed by atoms with Crippen molar-refractivity contribution in [3.8, 4) is 0 Å². The van der Waals surface area contributed by atoms with Crippen LogP contribution in [0.3, 0.4) is 0 Å². The van der Waals surface area contributed by atoms with E-state index in [1.807, 2.05) is 6.92 Å². The fourth-order valence-corrected chi connectivity index (χ4v) is 3.86. The minimum Gasteiger partial charge on any atom is -0.478 e. The first-order chi connectivity index (χ1) is 9.86. The number of hydrogen-bond donors (Lipinski definition) is 2. The molecule has 21 heavy (non-hydrogen) atoms. The molecule has 1 heterocycles. The Kier molecular flexibility index (Phi) is 4.50. The summed E-state index contributed by atoms with van der Waals surface area (Å²) in [7, 11) is -3.88. The summed E-state index contributed by atoms with van der Waals surface area (Å²) in [6.07, 6.45) is 0.523. The van der Waals surface area contributed by atoms with E-state index in [2.05, 4.69) is 0 Å². The fraction of sp³-hybridized carbons (Fsp3) is 0.462. The molecule has 1 unspecified atom stereocenters. The van der Waals surface area contributed by atoms with E-state index < -0.39 is 16.0 Å². The first-order valence-electron chi connectivity index (χ1n) is 6.60. The van der Waals surface area contributed by atoms with Crippen molar-refractivity contribution in [2.45, 2.75) is 24.3 Å². The van der Waals surface area contributed by atoms with Gasteiger partial charge in [-0.1, -0.05) is 6.92 Å². The standard InChI is InChI=1S/C13H18N2O5S/c1-2-10-8-15(5-6-20-10)21(18,19)12-4-3-9(14)7-11(12)13(16)17/h3-4,7,10H,2,5-6,8,14H2,1H3,(H,16,17). The number of carboxylic acids is 1. The van der Waals surface area contributed by atoms with Gasteiger partial charge < -0.3 is 15.6 Å². The topological polar surface area (TPSA) is 110 Å². The molecule has 0 saturated carbocycles. The van der Waals surface area contributed by atoms with Crippen LogP contribution >= 0.6 is 0 Å². The Hall–Kier alpha value is -1.64. The normalized spacial score (nSPS) is 20.3. The van der Waals surface area contributed by atoms with Crippen LogP contribution in [0.1, 0.15) is 23.7 Å². The minimum absolute atomic E-state index is 0.171. The van der Waals surface area contributed by atoms with Crippen LogP contribution in [-0.4, -0.2) is 49.6 Å². The molecule has 0 spiro atoms. The number of ether oxygens (including phenoxy) is 1. The van der Waals surface area contributed by atoms with Crippen molar-refractivity contribution in [3.63, 3.8) is 0 Å². The van der Waals surface area contributed by atoms with Crippen molar-refractivity contribution in [2.24, 2.45) is 0 Å². The Balaban J connectivity index is 2.42. The number of nitrogens with zero attached hydrogens (tertiary/aromatic N) is 1. The third kappa shape index (κ3) is 3.17. The maximum absolute atomic E-state index is 12.7. The Morgan fingerprint density at radius 2 is 2.24 bits per heavy atom. The fourth-order valence-electron chi connectivity index (χ4n) is 2.24. The molecule has 0 amide bonds. The first kappa shape index (κ1) is 15.7. The van der Waals surface area contributed by atoms with Gasteiger partial charge in [0.05, 0.1) is 23.2 Å². The molecule has 2 rings (SSSR count). The average molecular weight is 314 g/mol. The molecule has 1 fully saturated rings. The average Bonchev–Trinajstić information content (AvgIpc) is 2.46. The van der Waals surface area contributed by atoms with E-state index in [0.29, 0.717) is 13.0 Å². The predicted molar refractivity (Wildman–Crippen MR) is 76.6 cm³/mol. The molecule has 1 saturated heterocycles. The molecule has 0 bridgehead atoms. The largest absolute Gasteiger partial charge is 0.478 e. The number of benzene rings is 1. The third-order valence-electron chi connectivity index (χ3n) is 3.41. The summed E-state index contributed by atoms with van der Waals surface area (Å²) in [5.74, 6) is -1.32. The van der Waals surface area contributed by atoms with Gasteiger partial charge in [0.2, 0.25) is 10.0 Å².